The van der Waals surface area contributed by atoms with Crippen molar-refractivity contribution < 1.29 is 33.2 Å². The fraction of sp³-hybridized carbons (Fsp3) is 0.720. The lowest BCUT2D eigenvalue weighted by Gasteiger charge is -2.60. The Morgan fingerprint density at radius 1 is 1.12 bits per heavy atom. The average molecular weight is 449 g/mol. The summed E-state index contributed by atoms with van der Waals surface area (Å²) in [4.78, 5) is 24.2. The first kappa shape index (κ1) is 22.3. The Morgan fingerprint density at radius 2 is 1.91 bits per heavy atom. The minimum absolute atomic E-state index is 0.000698. The highest BCUT2D eigenvalue weighted by molar-refractivity contribution is 5.89. The number of fused-ring (bicyclic) bond motifs is 2. The summed E-state index contributed by atoms with van der Waals surface area (Å²) < 4.78 is 31.4. The third kappa shape index (κ3) is 3.67. The highest BCUT2D eigenvalue weighted by Crippen LogP contribution is 2.60. The van der Waals surface area contributed by atoms with Gasteiger partial charge in [0.1, 0.15) is 5.82 Å². The molecule has 1 aliphatic carbocycles. The standard InChI is InChI=1S/C25H33FO6/c1-15-6-11-20-16(2)21(5-4-14-28-22(27)17-7-9-18(26)10-8-17)29-23-25(20)19(15)12-13-24(3,30-23)31-32-25/h7-10,15-16,19-21,23H,4-6,11-14H2,1-3H3/t15-,16-,19+,20+,21-,23?,24?,25-/m1/s1. The lowest BCUT2D eigenvalue weighted by molar-refractivity contribution is -0.571. The number of carbonyl (C=O) groups excluding carboxylic acids is 1. The molecular weight excluding hydrogens is 415 g/mol. The molecule has 6 nitrogen and oxygen atoms in total. The third-order valence-corrected chi connectivity index (χ3v) is 8.24. The van der Waals surface area contributed by atoms with Gasteiger partial charge in [0.25, 0.3) is 0 Å². The number of ether oxygens (including phenoxy) is 3. The van der Waals surface area contributed by atoms with Crippen LogP contribution in [0.4, 0.5) is 4.39 Å². The monoisotopic (exact) mass is 448 g/mol. The van der Waals surface area contributed by atoms with E-state index in [4.69, 9.17) is 24.0 Å². The molecular formula is C25H33FO6. The van der Waals surface area contributed by atoms with Gasteiger partial charge in [-0.3, -0.25) is 0 Å². The molecule has 6 rings (SSSR count). The SMILES string of the molecule is C[C@H]1[C@@H](CCCOC(=O)c2ccc(F)cc2)OC2OC3(C)CC[C@H]4[C@H](C)CC[C@@H]1[C@@]24OO3. The van der Waals surface area contributed by atoms with E-state index in [-0.39, 0.29) is 17.8 Å². The molecule has 4 aliphatic heterocycles. The van der Waals surface area contributed by atoms with Crippen molar-refractivity contribution >= 4 is 5.97 Å². The van der Waals surface area contributed by atoms with Crippen molar-refractivity contribution in [2.24, 2.45) is 23.7 Å². The molecule has 2 unspecified atom stereocenters. The minimum Gasteiger partial charge on any atom is -0.462 e. The van der Waals surface area contributed by atoms with E-state index in [0.717, 1.165) is 25.7 Å². The molecule has 1 saturated carbocycles. The molecule has 0 N–H and O–H groups in total. The molecule has 4 saturated heterocycles. The van der Waals surface area contributed by atoms with Gasteiger partial charge in [0, 0.05) is 12.3 Å². The molecule has 176 valence electrons. The number of halogens is 1. The molecule has 1 aromatic carbocycles. The largest absolute Gasteiger partial charge is 0.462 e. The van der Waals surface area contributed by atoms with Crippen LogP contribution >= 0.6 is 0 Å². The van der Waals surface area contributed by atoms with E-state index >= 15 is 0 Å². The summed E-state index contributed by atoms with van der Waals surface area (Å²) in [5.41, 5.74) is -0.190. The Morgan fingerprint density at radius 3 is 2.69 bits per heavy atom. The average Bonchev–Trinajstić information content (AvgIpc) is 3.00. The van der Waals surface area contributed by atoms with Gasteiger partial charge in [-0.2, -0.15) is 0 Å². The first-order valence-electron chi connectivity index (χ1n) is 12.0. The molecule has 2 bridgehead atoms. The number of rotatable bonds is 5. The van der Waals surface area contributed by atoms with E-state index < -0.39 is 23.6 Å². The lowest BCUT2D eigenvalue weighted by Crippen LogP contribution is -2.70. The quantitative estimate of drug-likeness (QED) is 0.358. The molecule has 8 atom stereocenters. The molecule has 32 heavy (non-hydrogen) atoms. The summed E-state index contributed by atoms with van der Waals surface area (Å²) in [6.07, 6.45) is 5.07. The van der Waals surface area contributed by atoms with Gasteiger partial charge in [-0.25, -0.2) is 19.0 Å². The Balaban J connectivity index is 1.23. The topological polar surface area (TPSA) is 63.2 Å². The number of carbonyl (C=O) groups is 1. The molecule has 5 fully saturated rings. The maximum absolute atomic E-state index is 13.0. The van der Waals surface area contributed by atoms with Crippen LogP contribution in [0.2, 0.25) is 0 Å². The minimum atomic E-state index is -0.770. The van der Waals surface area contributed by atoms with E-state index in [1.807, 2.05) is 6.92 Å². The van der Waals surface area contributed by atoms with E-state index in [1.165, 1.54) is 30.7 Å². The van der Waals surface area contributed by atoms with E-state index in [0.29, 0.717) is 36.3 Å². The predicted octanol–water partition coefficient (Wildman–Crippen LogP) is 5.01. The lowest BCUT2D eigenvalue weighted by atomic mass is 9.57. The Labute approximate surface area is 188 Å². The van der Waals surface area contributed by atoms with Crippen molar-refractivity contribution in [1.82, 2.24) is 0 Å². The van der Waals surface area contributed by atoms with Gasteiger partial charge in [-0.1, -0.05) is 13.8 Å². The van der Waals surface area contributed by atoms with Crippen LogP contribution < -0.4 is 0 Å². The van der Waals surface area contributed by atoms with E-state index in [9.17, 15) is 9.18 Å². The first-order valence-corrected chi connectivity index (χ1v) is 12.0. The Bertz CT molecular complexity index is 845. The summed E-state index contributed by atoms with van der Waals surface area (Å²) in [6, 6.07) is 5.39. The van der Waals surface area contributed by atoms with Gasteiger partial charge in [0.15, 0.2) is 11.9 Å². The van der Waals surface area contributed by atoms with Gasteiger partial charge in [0.2, 0.25) is 5.79 Å². The fourth-order valence-corrected chi connectivity index (χ4v) is 6.43. The van der Waals surface area contributed by atoms with Crippen LogP contribution in [0.3, 0.4) is 0 Å². The van der Waals surface area contributed by atoms with Gasteiger partial charge in [-0.15, -0.1) is 0 Å². The summed E-state index contributed by atoms with van der Waals surface area (Å²) in [7, 11) is 0. The van der Waals surface area contributed by atoms with Gasteiger partial charge in [0.05, 0.1) is 18.3 Å². The highest BCUT2D eigenvalue weighted by Gasteiger charge is 2.69. The predicted molar refractivity (Wildman–Crippen MR) is 113 cm³/mol. The van der Waals surface area contributed by atoms with Gasteiger partial charge >= 0.3 is 5.97 Å². The summed E-state index contributed by atoms with van der Waals surface area (Å²) in [6.45, 7) is 6.77. The zero-order valence-corrected chi connectivity index (χ0v) is 19.1. The summed E-state index contributed by atoms with van der Waals surface area (Å²) in [5.74, 6) is -0.1000. The van der Waals surface area contributed by atoms with Crippen molar-refractivity contribution in [1.29, 1.82) is 0 Å². The second kappa shape index (κ2) is 8.35. The van der Waals surface area contributed by atoms with Crippen LogP contribution in [-0.2, 0) is 24.0 Å². The molecule has 4 heterocycles. The van der Waals surface area contributed by atoms with Crippen molar-refractivity contribution in [3.05, 3.63) is 35.6 Å². The van der Waals surface area contributed by atoms with Crippen LogP contribution in [0.5, 0.6) is 0 Å². The second-order valence-electron chi connectivity index (χ2n) is 10.2. The van der Waals surface area contributed by atoms with Crippen molar-refractivity contribution in [2.45, 2.75) is 83.1 Å². The van der Waals surface area contributed by atoms with E-state index in [2.05, 4.69) is 13.8 Å². The number of hydrogen-bond acceptors (Lipinski definition) is 6. The smallest absolute Gasteiger partial charge is 0.338 e. The zero-order valence-electron chi connectivity index (χ0n) is 19.1. The number of hydrogen-bond donors (Lipinski definition) is 0. The fourth-order valence-electron chi connectivity index (χ4n) is 6.43. The first-order chi connectivity index (χ1) is 15.3. The molecule has 1 aromatic rings. The zero-order chi connectivity index (χ0) is 22.5. The summed E-state index contributed by atoms with van der Waals surface area (Å²) in [5, 5.41) is 0. The number of benzene rings is 1. The van der Waals surface area contributed by atoms with Crippen LogP contribution in [-0.4, -0.2) is 36.4 Å². The normalized spacial score (nSPS) is 42.8. The van der Waals surface area contributed by atoms with Crippen molar-refractivity contribution in [3.8, 4) is 0 Å². The van der Waals surface area contributed by atoms with Crippen molar-refractivity contribution in [3.63, 3.8) is 0 Å². The maximum Gasteiger partial charge on any atom is 0.338 e. The number of esters is 1. The summed E-state index contributed by atoms with van der Waals surface area (Å²) >= 11 is 0. The van der Waals surface area contributed by atoms with Crippen LogP contribution in [0, 0.1) is 29.5 Å². The second-order valence-corrected chi connectivity index (χ2v) is 10.2. The molecule has 1 spiro atoms. The molecule has 7 heteroatoms. The van der Waals surface area contributed by atoms with Gasteiger partial charge in [-0.05, 0) is 81.0 Å². The van der Waals surface area contributed by atoms with Crippen molar-refractivity contribution in [2.75, 3.05) is 6.61 Å². The Kier molecular flexibility index (Phi) is 5.81. The van der Waals surface area contributed by atoms with E-state index in [1.54, 1.807) is 0 Å². The third-order valence-electron chi connectivity index (χ3n) is 8.24. The molecule has 5 aliphatic rings. The van der Waals surface area contributed by atoms with Crippen LogP contribution in [0.25, 0.3) is 0 Å². The molecule has 0 aromatic heterocycles. The highest BCUT2D eigenvalue weighted by atomic mass is 19.1. The molecule has 0 radical (unpaired) electrons. The van der Waals surface area contributed by atoms with Crippen LogP contribution in [0.1, 0.15) is 69.7 Å². The van der Waals surface area contributed by atoms with Gasteiger partial charge < -0.3 is 14.2 Å². The Hall–Kier alpha value is -1.54. The molecule has 0 amide bonds. The van der Waals surface area contributed by atoms with Crippen LogP contribution in [0.15, 0.2) is 24.3 Å². The maximum atomic E-state index is 13.0.